The standard InChI is InChI=1S/C24H20F3N7O.C14H8F3N5O.C10H14N2O.C6H12O.C5H4FN/c1-33-20-13-18(30-19(14-28)23(20)31-32-33)15-5-6-21(17(12-15)24(25,26)27)35-16-7-10-34(11-8-16)22-4-2-3-9-29-22;1-22-11-5-9(19-10(6-18)13(11)20-21-22)7-2-3-12(23)8(4-7)14(15,16)17;13-9-4-7-12(8-5-9)10-3-1-2-6-11-10;7-6-4-2-1-3-5-6;6-5-3-1-2-4-7-5/h2-6,9,12-13,16H,7-8,10-11H2,1H3;2-5,23H,1H3;1-3,6,9,13H,4-5,7-8H2;6-7H,1-5H2;1-4H. The number of aliphatic hydroxyl groups is 2. The molecular weight excluding hydrogens is 1120 g/mol. The molecule has 9 aromatic rings. The maximum Gasteiger partial charge on any atom is 0.419 e. The van der Waals surface area contributed by atoms with Gasteiger partial charge in [-0.15, -0.1) is 10.2 Å². The number of ether oxygens (including phenoxy) is 1. The number of aliphatic hydroxyl groups excluding tert-OH is 2. The lowest BCUT2D eigenvalue weighted by Gasteiger charge is -2.33. The summed E-state index contributed by atoms with van der Waals surface area (Å²) in [6, 6.07) is 29.9. The number of piperidine rings is 2. The maximum atomic E-state index is 14.0. The third-order valence-electron chi connectivity index (χ3n) is 13.9. The van der Waals surface area contributed by atoms with Crippen molar-refractivity contribution in [2.75, 3.05) is 36.0 Å². The van der Waals surface area contributed by atoms with Gasteiger partial charge in [0.15, 0.2) is 11.4 Å². The summed E-state index contributed by atoms with van der Waals surface area (Å²) in [4.78, 5) is 24.5. The number of alkyl halides is 6. The Kier molecular flexibility index (Phi) is 20.5. The monoisotopic (exact) mass is 1170 g/mol. The minimum Gasteiger partial charge on any atom is -0.507 e. The van der Waals surface area contributed by atoms with Crippen LogP contribution in [0.2, 0.25) is 0 Å². The second-order valence-electron chi connectivity index (χ2n) is 19.9. The van der Waals surface area contributed by atoms with Crippen LogP contribution in [0, 0.1) is 28.6 Å². The zero-order chi connectivity index (χ0) is 60.7. The highest BCUT2D eigenvalue weighted by molar-refractivity contribution is 5.84. The fraction of sp³-hybridized carbons (Fsp3) is 0.339. The number of phenolic OH excluding ortho intramolecular Hbond substituents is 1. The van der Waals surface area contributed by atoms with Crippen molar-refractivity contribution in [3.8, 4) is 46.2 Å². The minimum absolute atomic E-state index is 0.000786. The van der Waals surface area contributed by atoms with E-state index in [2.05, 4.69) is 55.3 Å². The quantitative estimate of drug-likeness (QED) is 0.103. The van der Waals surface area contributed by atoms with Crippen molar-refractivity contribution >= 4 is 33.7 Å². The van der Waals surface area contributed by atoms with Crippen molar-refractivity contribution in [3.05, 3.63) is 150 Å². The molecule has 0 unspecified atom stereocenters. The molecule has 0 amide bonds. The molecule has 1 aliphatic carbocycles. The highest BCUT2D eigenvalue weighted by Gasteiger charge is 2.37. The molecule has 3 N–H and O–H groups in total. The summed E-state index contributed by atoms with van der Waals surface area (Å²) in [6.07, 6.45) is 3.94. The fourth-order valence-electron chi connectivity index (χ4n) is 9.43. The number of halogens is 7. The number of hydrogen-bond donors (Lipinski definition) is 3. The van der Waals surface area contributed by atoms with Crippen molar-refractivity contribution in [3.63, 3.8) is 0 Å². The summed E-state index contributed by atoms with van der Waals surface area (Å²) in [5.74, 6) is 0.347. The third-order valence-corrected chi connectivity index (χ3v) is 13.9. The molecule has 7 aromatic heterocycles. The molecule has 2 aromatic carbocycles. The molecule has 0 radical (unpaired) electrons. The summed E-state index contributed by atoms with van der Waals surface area (Å²) in [5, 5.41) is 61.5. The van der Waals surface area contributed by atoms with E-state index >= 15 is 0 Å². The smallest absolute Gasteiger partial charge is 0.419 e. The van der Waals surface area contributed by atoms with Crippen molar-refractivity contribution in [1.82, 2.24) is 54.9 Å². The Hall–Kier alpha value is -9.40. The first-order chi connectivity index (χ1) is 40.8. The average Bonchev–Trinajstić information content (AvgIpc) is 3.21. The Labute approximate surface area is 483 Å². The van der Waals surface area contributed by atoms with E-state index in [1.807, 2.05) is 48.5 Å². The van der Waals surface area contributed by atoms with Gasteiger partial charge in [0.25, 0.3) is 0 Å². The van der Waals surface area contributed by atoms with Gasteiger partial charge in [0.1, 0.15) is 52.4 Å². The molecule has 3 aliphatic rings. The van der Waals surface area contributed by atoms with Gasteiger partial charge in [-0.1, -0.05) is 47.9 Å². The second kappa shape index (κ2) is 28.3. The Morgan fingerprint density at radius 3 is 1.42 bits per heavy atom. The molecular formula is C59H58F7N15O4. The Morgan fingerprint density at radius 1 is 0.553 bits per heavy atom. The molecule has 0 bridgehead atoms. The second-order valence-corrected chi connectivity index (χ2v) is 19.9. The Bertz CT molecular complexity index is 3710. The van der Waals surface area contributed by atoms with Crippen LogP contribution in [0.25, 0.3) is 44.6 Å². The van der Waals surface area contributed by atoms with Gasteiger partial charge in [-0.05, 0) is 111 Å². The molecule has 2 saturated heterocycles. The molecule has 19 nitrogen and oxygen atoms in total. The number of nitrogens with zero attached hydrogens (tertiary/aromatic N) is 15. The van der Waals surface area contributed by atoms with Gasteiger partial charge in [0.05, 0.1) is 45.8 Å². The van der Waals surface area contributed by atoms with Gasteiger partial charge >= 0.3 is 12.4 Å². The summed E-state index contributed by atoms with van der Waals surface area (Å²) in [5.41, 5.74) is 0.165. The van der Waals surface area contributed by atoms with Crippen molar-refractivity contribution in [1.29, 1.82) is 10.5 Å². The number of benzene rings is 2. The average molecular weight is 1170 g/mol. The van der Waals surface area contributed by atoms with E-state index in [-0.39, 0.29) is 63.5 Å². The Morgan fingerprint density at radius 2 is 1.01 bits per heavy atom. The van der Waals surface area contributed by atoms with E-state index in [0.717, 1.165) is 68.6 Å². The molecule has 85 heavy (non-hydrogen) atoms. The van der Waals surface area contributed by atoms with Gasteiger partial charge in [-0.3, -0.25) is 0 Å². The first-order valence-electron chi connectivity index (χ1n) is 27.0. The number of nitriles is 2. The molecule has 9 heterocycles. The zero-order valence-electron chi connectivity index (χ0n) is 46.1. The molecule has 442 valence electrons. The predicted molar refractivity (Wildman–Crippen MR) is 300 cm³/mol. The van der Waals surface area contributed by atoms with Crippen LogP contribution >= 0.6 is 0 Å². The van der Waals surface area contributed by atoms with Crippen molar-refractivity contribution in [2.45, 2.75) is 88.5 Å². The van der Waals surface area contributed by atoms with E-state index in [4.69, 9.17) is 15.1 Å². The highest BCUT2D eigenvalue weighted by Crippen LogP contribution is 2.41. The van der Waals surface area contributed by atoms with Crippen LogP contribution in [0.3, 0.4) is 0 Å². The van der Waals surface area contributed by atoms with Crippen LogP contribution in [0.5, 0.6) is 11.5 Å². The van der Waals surface area contributed by atoms with Gasteiger partial charge in [-0.25, -0.2) is 34.3 Å². The minimum atomic E-state index is -4.70. The SMILES string of the molecule is Cn1nnc2c(C#N)nc(-c3ccc(O)c(C(F)(F)F)c3)cc21.Cn1nnc2c(C#N)nc(-c3ccc(OC4CCN(c5ccccn5)CC4)c(C(F)(F)F)c3)cc21.Fc1ccccn1.OC1CCCCC1.OC1CCN(c2ccccn2)CC1. The van der Waals surface area contributed by atoms with Gasteiger partial charge in [-0.2, -0.15) is 41.3 Å². The number of aromatic nitrogens is 11. The summed E-state index contributed by atoms with van der Waals surface area (Å²) in [6.45, 7) is 3.11. The lowest BCUT2D eigenvalue weighted by molar-refractivity contribution is -0.140. The largest absolute Gasteiger partial charge is 0.507 e. The molecule has 26 heteroatoms. The fourth-order valence-corrected chi connectivity index (χ4v) is 9.43. The van der Waals surface area contributed by atoms with E-state index in [0.29, 0.717) is 42.5 Å². The number of anilines is 2. The van der Waals surface area contributed by atoms with Gasteiger partial charge in [0.2, 0.25) is 5.95 Å². The van der Waals surface area contributed by atoms with Gasteiger partial charge in [0, 0.05) is 82.8 Å². The lowest BCUT2D eigenvalue weighted by Crippen LogP contribution is -2.38. The number of fused-ring (bicyclic) bond motifs is 2. The van der Waals surface area contributed by atoms with Crippen LogP contribution in [-0.4, -0.2) is 115 Å². The van der Waals surface area contributed by atoms with E-state index < -0.39 is 35.2 Å². The van der Waals surface area contributed by atoms with Gasteiger partial charge < -0.3 is 29.9 Å². The van der Waals surface area contributed by atoms with Crippen LogP contribution in [0.4, 0.5) is 42.4 Å². The summed E-state index contributed by atoms with van der Waals surface area (Å²) < 4.78 is 101. The Balaban J connectivity index is 0.000000159. The number of pyridine rings is 5. The maximum absolute atomic E-state index is 14.0. The molecule has 0 spiro atoms. The van der Waals surface area contributed by atoms with E-state index in [9.17, 15) is 46.2 Å². The highest BCUT2D eigenvalue weighted by atomic mass is 19.4. The molecule has 1 saturated carbocycles. The number of phenols is 1. The zero-order valence-corrected chi connectivity index (χ0v) is 46.1. The number of rotatable bonds is 6. The van der Waals surface area contributed by atoms with Crippen molar-refractivity contribution < 1.29 is 50.8 Å². The first kappa shape index (κ1) is 61.7. The topological polar surface area (TPSA) is 250 Å². The van der Waals surface area contributed by atoms with Crippen molar-refractivity contribution in [2.24, 2.45) is 14.1 Å². The normalized spacial score (nSPS) is 14.9. The molecule has 2 aliphatic heterocycles. The van der Waals surface area contributed by atoms with Crippen LogP contribution in [0.15, 0.2) is 122 Å². The number of hydrogen-bond acceptors (Lipinski definition) is 17. The predicted octanol–water partition coefficient (Wildman–Crippen LogP) is 10.6. The number of aryl methyl sites for hydroxylation is 2. The van der Waals surface area contributed by atoms with Crippen LogP contribution in [0.1, 0.15) is 80.3 Å². The lowest BCUT2D eigenvalue weighted by atomic mass is 9.98. The third kappa shape index (κ3) is 16.5. The molecule has 3 fully saturated rings. The van der Waals surface area contributed by atoms with E-state index in [1.54, 1.807) is 44.7 Å². The first-order valence-corrected chi connectivity index (χ1v) is 27.0. The van der Waals surface area contributed by atoms with Crippen LogP contribution in [-0.2, 0) is 26.4 Å². The van der Waals surface area contributed by atoms with E-state index in [1.165, 1.54) is 65.2 Å². The van der Waals surface area contributed by atoms with Crippen LogP contribution < -0.4 is 14.5 Å². The molecule has 0 atom stereocenters. The molecule has 12 rings (SSSR count). The summed E-state index contributed by atoms with van der Waals surface area (Å²) >= 11 is 0. The number of aromatic hydroxyl groups is 1. The summed E-state index contributed by atoms with van der Waals surface area (Å²) in [7, 11) is 3.23.